The first-order chi connectivity index (χ1) is 9.16. The molecular formula is C17H19FSi. The van der Waals surface area contributed by atoms with E-state index in [0.29, 0.717) is 6.04 Å². The van der Waals surface area contributed by atoms with Gasteiger partial charge in [-0.15, -0.1) is 6.58 Å². The Balaban J connectivity index is 2.47. The van der Waals surface area contributed by atoms with Crippen LogP contribution in [0.4, 0.5) is 4.11 Å². The minimum Gasteiger partial charge on any atom is -0.302 e. The summed E-state index contributed by atoms with van der Waals surface area (Å²) >= 11 is 0. The number of hydrogen-bond donors (Lipinski definition) is 0. The molecule has 0 aliphatic heterocycles. The van der Waals surface area contributed by atoms with Gasteiger partial charge in [-0.2, -0.15) is 0 Å². The fourth-order valence-electron chi connectivity index (χ4n) is 2.33. The lowest BCUT2D eigenvalue weighted by molar-refractivity contribution is 0.736. The molecule has 98 valence electrons. The van der Waals surface area contributed by atoms with Gasteiger partial charge in [0.1, 0.15) is 0 Å². The zero-order chi connectivity index (χ0) is 13.7. The Morgan fingerprint density at radius 3 is 1.79 bits per heavy atom. The highest BCUT2D eigenvalue weighted by Gasteiger charge is 2.39. The molecule has 0 bridgehead atoms. The van der Waals surface area contributed by atoms with Gasteiger partial charge in [-0.05, 0) is 22.3 Å². The van der Waals surface area contributed by atoms with Crippen LogP contribution in [0.2, 0.25) is 6.04 Å². The first kappa shape index (κ1) is 13.8. The number of allylic oxidation sites excluding steroid dienone is 1. The van der Waals surface area contributed by atoms with Crippen molar-refractivity contribution >= 4 is 18.8 Å². The summed E-state index contributed by atoms with van der Waals surface area (Å²) < 4.78 is 15.8. The highest BCUT2D eigenvalue weighted by Crippen LogP contribution is 2.19. The molecule has 0 aliphatic carbocycles. The van der Waals surface area contributed by atoms with E-state index in [-0.39, 0.29) is 5.92 Å². The van der Waals surface area contributed by atoms with E-state index < -0.39 is 8.41 Å². The largest absolute Gasteiger partial charge is 0.309 e. The van der Waals surface area contributed by atoms with Crippen LogP contribution in [0.15, 0.2) is 73.3 Å². The molecule has 0 amide bonds. The molecule has 0 nitrogen and oxygen atoms in total. The molecule has 0 saturated heterocycles. The Labute approximate surface area is 115 Å². The zero-order valence-corrected chi connectivity index (χ0v) is 12.2. The van der Waals surface area contributed by atoms with Gasteiger partial charge in [0.2, 0.25) is 0 Å². The first-order valence-electron chi connectivity index (χ1n) is 6.59. The van der Waals surface area contributed by atoms with Gasteiger partial charge in [-0.3, -0.25) is 0 Å². The quantitative estimate of drug-likeness (QED) is 0.443. The summed E-state index contributed by atoms with van der Waals surface area (Å²) in [5, 5.41) is 1.68. The normalized spacial score (nSPS) is 12.9. The van der Waals surface area contributed by atoms with Gasteiger partial charge >= 0.3 is 8.41 Å². The molecule has 0 N–H and O–H groups in total. The van der Waals surface area contributed by atoms with E-state index >= 15 is 4.11 Å². The minimum atomic E-state index is -3.16. The molecule has 2 rings (SSSR count). The van der Waals surface area contributed by atoms with E-state index in [9.17, 15) is 0 Å². The van der Waals surface area contributed by atoms with E-state index in [1.54, 1.807) is 0 Å². The van der Waals surface area contributed by atoms with Gasteiger partial charge in [-0.25, -0.2) is 0 Å². The van der Waals surface area contributed by atoms with Crippen LogP contribution in [0, 0.1) is 5.92 Å². The van der Waals surface area contributed by atoms with E-state index in [1.165, 1.54) is 0 Å². The van der Waals surface area contributed by atoms with Crippen molar-refractivity contribution in [2.75, 3.05) is 0 Å². The van der Waals surface area contributed by atoms with Crippen LogP contribution in [-0.2, 0) is 0 Å². The molecule has 0 heterocycles. The lowest BCUT2D eigenvalue weighted by Gasteiger charge is -2.25. The fraction of sp³-hybridized carbons (Fsp3) is 0.176. The van der Waals surface area contributed by atoms with E-state index in [1.807, 2.05) is 73.7 Å². The van der Waals surface area contributed by atoms with Crippen molar-refractivity contribution in [2.24, 2.45) is 5.92 Å². The minimum absolute atomic E-state index is 0.178. The molecule has 1 atom stereocenters. The smallest absolute Gasteiger partial charge is 0.302 e. The Kier molecular flexibility index (Phi) is 4.33. The molecule has 2 heteroatoms. The summed E-state index contributed by atoms with van der Waals surface area (Å²) in [6.45, 7) is 5.82. The lowest BCUT2D eigenvalue weighted by Crippen LogP contribution is -2.55. The van der Waals surface area contributed by atoms with Crippen LogP contribution in [0.5, 0.6) is 0 Å². The van der Waals surface area contributed by atoms with Crippen LogP contribution in [0.25, 0.3) is 0 Å². The monoisotopic (exact) mass is 270 g/mol. The molecule has 19 heavy (non-hydrogen) atoms. The van der Waals surface area contributed by atoms with Gasteiger partial charge in [0.05, 0.1) is 0 Å². The second kappa shape index (κ2) is 5.98. The molecule has 0 aromatic heterocycles. The maximum atomic E-state index is 15.8. The Morgan fingerprint density at radius 2 is 1.42 bits per heavy atom. The van der Waals surface area contributed by atoms with Crippen molar-refractivity contribution < 1.29 is 4.11 Å². The van der Waals surface area contributed by atoms with Crippen molar-refractivity contribution in [1.29, 1.82) is 0 Å². The van der Waals surface area contributed by atoms with Crippen molar-refractivity contribution in [2.45, 2.75) is 13.0 Å². The van der Waals surface area contributed by atoms with Crippen LogP contribution >= 0.6 is 0 Å². The first-order valence-corrected chi connectivity index (χ1v) is 8.68. The molecule has 0 spiro atoms. The molecule has 2 aromatic carbocycles. The Morgan fingerprint density at radius 1 is 1.00 bits per heavy atom. The van der Waals surface area contributed by atoms with Crippen LogP contribution in [0.1, 0.15) is 6.92 Å². The summed E-state index contributed by atoms with van der Waals surface area (Å²) in [7, 11) is -3.16. The highest BCUT2D eigenvalue weighted by molar-refractivity contribution is 6.97. The summed E-state index contributed by atoms with van der Waals surface area (Å²) in [5.41, 5.74) is 0. The Hall–Kier alpha value is -1.67. The number of hydrogen-bond acceptors (Lipinski definition) is 0. The lowest BCUT2D eigenvalue weighted by atomic mass is 10.2. The van der Waals surface area contributed by atoms with E-state index in [4.69, 9.17) is 0 Å². The molecule has 1 unspecified atom stereocenters. The molecule has 0 aliphatic rings. The van der Waals surface area contributed by atoms with Gasteiger partial charge in [0.25, 0.3) is 0 Å². The number of benzene rings is 2. The standard InChI is InChI=1S/C17H19FSi/c1-3-15(2)14-19(18,16-10-6-4-7-11-16)17-12-8-5-9-13-17/h3-13,15H,1,14H2,2H3. The average molecular weight is 270 g/mol. The Bertz CT molecular complexity index is 482. The predicted octanol–water partition coefficient (Wildman–Crippen LogP) is 3.54. The third kappa shape index (κ3) is 3.02. The second-order valence-electron chi connectivity index (χ2n) is 4.95. The van der Waals surface area contributed by atoms with Crippen molar-refractivity contribution in [1.82, 2.24) is 0 Å². The average Bonchev–Trinajstić information content (AvgIpc) is 2.48. The van der Waals surface area contributed by atoms with Gasteiger partial charge in [0, 0.05) is 0 Å². The topological polar surface area (TPSA) is 0 Å². The second-order valence-corrected chi connectivity index (χ2v) is 8.12. The summed E-state index contributed by atoms with van der Waals surface area (Å²) in [6.07, 6.45) is 1.84. The number of rotatable bonds is 5. The van der Waals surface area contributed by atoms with Gasteiger partial charge in [-0.1, -0.05) is 73.7 Å². The molecule has 0 radical (unpaired) electrons. The predicted molar refractivity (Wildman–Crippen MR) is 83.2 cm³/mol. The summed E-state index contributed by atoms with van der Waals surface area (Å²) in [6, 6.07) is 19.7. The zero-order valence-electron chi connectivity index (χ0n) is 11.2. The SMILES string of the molecule is C=CC(C)C[Si](F)(c1ccccc1)c1ccccc1. The van der Waals surface area contributed by atoms with Crippen LogP contribution < -0.4 is 10.4 Å². The van der Waals surface area contributed by atoms with Gasteiger partial charge in [0.15, 0.2) is 0 Å². The third-order valence-corrected chi connectivity index (χ3v) is 7.17. The van der Waals surface area contributed by atoms with E-state index in [2.05, 4.69) is 6.58 Å². The molecular weight excluding hydrogens is 251 g/mol. The van der Waals surface area contributed by atoms with Crippen molar-refractivity contribution in [3.63, 3.8) is 0 Å². The van der Waals surface area contributed by atoms with Crippen molar-refractivity contribution in [3.05, 3.63) is 73.3 Å². The third-order valence-electron chi connectivity index (χ3n) is 3.47. The van der Waals surface area contributed by atoms with E-state index in [0.717, 1.165) is 10.4 Å². The molecule has 2 aromatic rings. The summed E-state index contributed by atoms with van der Waals surface area (Å²) in [5.74, 6) is 0.178. The number of halogens is 1. The maximum Gasteiger partial charge on any atom is 0.309 e. The van der Waals surface area contributed by atoms with Crippen LogP contribution in [-0.4, -0.2) is 8.41 Å². The maximum absolute atomic E-state index is 15.8. The van der Waals surface area contributed by atoms with Gasteiger partial charge < -0.3 is 4.11 Å². The fourth-order valence-corrected chi connectivity index (χ4v) is 5.63. The van der Waals surface area contributed by atoms with Crippen molar-refractivity contribution in [3.8, 4) is 0 Å². The molecule has 0 fully saturated rings. The van der Waals surface area contributed by atoms with Crippen LogP contribution in [0.3, 0.4) is 0 Å². The highest BCUT2D eigenvalue weighted by atomic mass is 28.4. The molecule has 0 saturated carbocycles. The summed E-state index contributed by atoms with van der Waals surface area (Å²) in [4.78, 5) is 0.